The van der Waals surface area contributed by atoms with Crippen LogP contribution in [0.25, 0.3) is 0 Å². The average molecular weight is 505 g/mol. The Morgan fingerprint density at radius 3 is 2.49 bits per heavy atom. The van der Waals surface area contributed by atoms with Crippen molar-refractivity contribution in [1.29, 1.82) is 0 Å². The number of hydrogen-bond acceptors (Lipinski definition) is 4. The number of halogens is 1. The molecule has 2 atom stereocenters. The van der Waals surface area contributed by atoms with Crippen molar-refractivity contribution in [3.8, 4) is 5.75 Å². The van der Waals surface area contributed by atoms with Crippen LogP contribution in [0.1, 0.15) is 41.1 Å². The van der Waals surface area contributed by atoms with Crippen LogP contribution in [0.5, 0.6) is 5.75 Å². The van der Waals surface area contributed by atoms with Gasteiger partial charge in [0.2, 0.25) is 11.8 Å². The van der Waals surface area contributed by atoms with Crippen LogP contribution in [0.2, 0.25) is 0 Å². The number of hydrogen-bond donors (Lipinski definition) is 1. The molecule has 0 saturated carbocycles. The normalized spacial score (nSPS) is 15.7. The lowest BCUT2D eigenvalue weighted by Crippen LogP contribution is -2.45. The molecule has 1 aliphatic heterocycles. The molecule has 3 aromatic rings. The van der Waals surface area contributed by atoms with Gasteiger partial charge in [-0.3, -0.25) is 9.59 Å². The monoisotopic (exact) mass is 504 g/mol. The Bertz CT molecular complexity index is 1190. The molecule has 0 aromatic heterocycles. The molecule has 1 fully saturated rings. The van der Waals surface area contributed by atoms with Crippen LogP contribution in [0.3, 0.4) is 0 Å². The van der Waals surface area contributed by atoms with Gasteiger partial charge in [0.25, 0.3) is 0 Å². The van der Waals surface area contributed by atoms with Gasteiger partial charge in [0, 0.05) is 18.7 Å². The lowest BCUT2D eigenvalue weighted by atomic mass is 10.00. The third-order valence-corrected chi connectivity index (χ3v) is 6.60. The molecule has 1 aliphatic rings. The largest absolute Gasteiger partial charge is 0.496 e. The number of ether oxygens (including phenoxy) is 2. The first-order valence-corrected chi connectivity index (χ1v) is 12.6. The van der Waals surface area contributed by atoms with Crippen molar-refractivity contribution in [3.05, 3.63) is 101 Å². The van der Waals surface area contributed by atoms with Gasteiger partial charge in [-0.15, -0.1) is 0 Å². The number of nitrogens with one attached hydrogen (secondary N) is 1. The molecule has 6 nitrogen and oxygen atoms in total. The molecule has 7 heteroatoms. The fourth-order valence-electron chi connectivity index (χ4n) is 4.56. The maximum atomic E-state index is 13.8. The number of nitrogens with zero attached hydrogens (tertiary/aromatic N) is 1. The third kappa shape index (κ3) is 6.95. The maximum Gasteiger partial charge on any atom is 0.247 e. The molecule has 37 heavy (non-hydrogen) atoms. The Kier molecular flexibility index (Phi) is 8.90. The van der Waals surface area contributed by atoms with E-state index in [0.29, 0.717) is 30.0 Å². The van der Waals surface area contributed by atoms with Crippen molar-refractivity contribution in [2.45, 2.75) is 44.9 Å². The maximum absolute atomic E-state index is 13.8. The second-order valence-electron chi connectivity index (χ2n) is 9.33. The average Bonchev–Trinajstić information content (AvgIpc) is 3.43. The highest BCUT2D eigenvalue weighted by molar-refractivity contribution is 5.89. The van der Waals surface area contributed by atoms with E-state index in [1.54, 1.807) is 24.1 Å². The predicted molar refractivity (Wildman–Crippen MR) is 140 cm³/mol. The first-order chi connectivity index (χ1) is 17.9. The Morgan fingerprint density at radius 2 is 1.81 bits per heavy atom. The molecule has 2 unspecified atom stereocenters. The van der Waals surface area contributed by atoms with E-state index in [4.69, 9.17) is 9.47 Å². The molecule has 4 rings (SSSR count). The zero-order valence-electron chi connectivity index (χ0n) is 21.3. The number of amides is 2. The number of methoxy groups -OCH3 is 1. The summed E-state index contributed by atoms with van der Waals surface area (Å²) in [6.07, 6.45) is 1.86. The fourth-order valence-corrected chi connectivity index (χ4v) is 4.56. The second-order valence-corrected chi connectivity index (χ2v) is 9.33. The molecule has 194 valence electrons. The van der Waals surface area contributed by atoms with Gasteiger partial charge in [0.05, 0.1) is 26.2 Å². The molecule has 0 aliphatic carbocycles. The molecule has 1 heterocycles. The van der Waals surface area contributed by atoms with Gasteiger partial charge in [0.1, 0.15) is 17.6 Å². The summed E-state index contributed by atoms with van der Waals surface area (Å²) in [4.78, 5) is 29.1. The van der Waals surface area contributed by atoms with Crippen molar-refractivity contribution in [2.24, 2.45) is 0 Å². The standard InChI is InChI=1S/C30H33FN2O4/c1-21-9-13-23(14-10-21)29(30(35)32-19-26-7-5-17-37-26)33(20-24-6-3-4-8-27(24)36-2)28(34)18-22-11-15-25(31)16-12-22/h3-4,6,8-16,26,29H,5,7,17-20H2,1-2H3,(H,32,35). The van der Waals surface area contributed by atoms with Gasteiger partial charge in [-0.2, -0.15) is 0 Å². The molecule has 0 bridgehead atoms. The van der Waals surface area contributed by atoms with E-state index in [1.165, 1.54) is 12.1 Å². The summed E-state index contributed by atoms with van der Waals surface area (Å²) in [5.74, 6) is -0.269. The fraction of sp³-hybridized carbons (Fsp3) is 0.333. The molecule has 2 amide bonds. The third-order valence-electron chi connectivity index (χ3n) is 6.60. The molecule has 3 aromatic carbocycles. The molecular weight excluding hydrogens is 471 g/mol. The number of carbonyl (C=O) groups is 2. The van der Waals surface area contributed by atoms with Crippen LogP contribution in [0.4, 0.5) is 4.39 Å². The number of benzene rings is 3. The summed E-state index contributed by atoms with van der Waals surface area (Å²) in [7, 11) is 1.58. The number of para-hydroxylation sites is 1. The quantitative estimate of drug-likeness (QED) is 0.433. The van der Waals surface area contributed by atoms with Crippen LogP contribution in [0.15, 0.2) is 72.8 Å². The Hall–Kier alpha value is -3.71. The first kappa shape index (κ1) is 26.4. The van der Waals surface area contributed by atoms with Gasteiger partial charge >= 0.3 is 0 Å². The van der Waals surface area contributed by atoms with E-state index in [-0.39, 0.29) is 36.7 Å². The first-order valence-electron chi connectivity index (χ1n) is 12.6. The Labute approximate surface area is 217 Å². The van der Waals surface area contributed by atoms with E-state index in [1.807, 2.05) is 55.5 Å². The summed E-state index contributed by atoms with van der Waals surface area (Å²) >= 11 is 0. The van der Waals surface area contributed by atoms with Crippen molar-refractivity contribution in [3.63, 3.8) is 0 Å². The minimum atomic E-state index is -0.875. The number of rotatable bonds is 10. The van der Waals surface area contributed by atoms with E-state index in [9.17, 15) is 14.0 Å². The Morgan fingerprint density at radius 1 is 1.08 bits per heavy atom. The van der Waals surface area contributed by atoms with Gasteiger partial charge in [-0.1, -0.05) is 60.2 Å². The van der Waals surface area contributed by atoms with Crippen LogP contribution in [-0.4, -0.2) is 43.1 Å². The molecule has 1 saturated heterocycles. The SMILES string of the molecule is COc1ccccc1CN(C(=O)Cc1ccc(F)cc1)C(C(=O)NCC1CCCO1)c1ccc(C)cc1. The van der Waals surface area contributed by atoms with Crippen LogP contribution in [0, 0.1) is 12.7 Å². The van der Waals surface area contributed by atoms with Gasteiger partial charge in [-0.05, 0) is 49.1 Å². The van der Waals surface area contributed by atoms with Gasteiger partial charge in [0.15, 0.2) is 0 Å². The van der Waals surface area contributed by atoms with E-state index >= 15 is 0 Å². The summed E-state index contributed by atoms with van der Waals surface area (Å²) in [6, 6.07) is 20.0. The van der Waals surface area contributed by atoms with E-state index in [2.05, 4.69) is 5.32 Å². The molecule has 0 radical (unpaired) electrons. The van der Waals surface area contributed by atoms with Crippen LogP contribution < -0.4 is 10.1 Å². The highest BCUT2D eigenvalue weighted by Gasteiger charge is 2.32. The highest BCUT2D eigenvalue weighted by atomic mass is 19.1. The summed E-state index contributed by atoms with van der Waals surface area (Å²) in [5, 5.41) is 3.02. The van der Waals surface area contributed by atoms with Crippen molar-refractivity contribution in [1.82, 2.24) is 10.2 Å². The second kappa shape index (κ2) is 12.5. The van der Waals surface area contributed by atoms with Gasteiger partial charge < -0.3 is 19.7 Å². The summed E-state index contributed by atoms with van der Waals surface area (Å²) < 4.78 is 24.7. The molecule has 1 N–H and O–H groups in total. The number of aryl methyl sites for hydroxylation is 1. The Balaban J connectivity index is 1.69. The van der Waals surface area contributed by atoms with Crippen molar-refractivity contribution >= 4 is 11.8 Å². The lowest BCUT2D eigenvalue weighted by Gasteiger charge is -2.32. The summed E-state index contributed by atoms with van der Waals surface area (Å²) in [5.41, 5.74) is 3.20. The minimum Gasteiger partial charge on any atom is -0.496 e. The van der Waals surface area contributed by atoms with Crippen molar-refractivity contribution < 1.29 is 23.5 Å². The topological polar surface area (TPSA) is 67.9 Å². The predicted octanol–water partition coefficient (Wildman–Crippen LogP) is 4.75. The highest BCUT2D eigenvalue weighted by Crippen LogP contribution is 2.28. The zero-order chi connectivity index (χ0) is 26.2. The molecule has 0 spiro atoms. The lowest BCUT2D eigenvalue weighted by molar-refractivity contribution is -0.141. The minimum absolute atomic E-state index is 0.0246. The van der Waals surface area contributed by atoms with E-state index in [0.717, 1.165) is 24.0 Å². The van der Waals surface area contributed by atoms with Gasteiger partial charge in [-0.25, -0.2) is 4.39 Å². The zero-order valence-corrected chi connectivity index (χ0v) is 21.3. The number of carbonyl (C=O) groups excluding carboxylic acids is 2. The summed E-state index contributed by atoms with van der Waals surface area (Å²) in [6.45, 7) is 3.21. The smallest absolute Gasteiger partial charge is 0.247 e. The van der Waals surface area contributed by atoms with Crippen molar-refractivity contribution in [2.75, 3.05) is 20.3 Å². The van der Waals surface area contributed by atoms with E-state index < -0.39 is 6.04 Å². The molecular formula is C30H33FN2O4. The van der Waals surface area contributed by atoms with Crippen LogP contribution in [-0.2, 0) is 27.3 Å². The van der Waals surface area contributed by atoms with Crippen LogP contribution >= 0.6 is 0 Å².